The van der Waals surface area contributed by atoms with Crippen molar-refractivity contribution < 1.29 is 13.9 Å². The summed E-state index contributed by atoms with van der Waals surface area (Å²) in [4.78, 5) is 16.0. The SMILES string of the molecule is O=C(NCCOCc1ccc(Cl)cc1)c1ncoc1C1CC1. The van der Waals surface area contributed by atoms with Gasteiger partial charge in [0.05, 0.1) is 13.2 Å². The number of nitrogens with one attached hydrogen (secondary N) is 1. The van der Waals surface area contributed by atoms with E-state index in [9.17, 15) is 4.79 Å². The van der Waals surface area contributed by atoms with Crippen LogP contribution < -0.4 is 5.32 Å². The Bertz CT molecular complexity index is 635. The highest BCUT2D eigenvalue weighted by Crippen LogP contribution is 2.41. The number of oxazole rings is 1. The molecule has 1 heterocycles. The van der Waals surface area contributed by atoms with E-state index in [1.807, 2.05) is 24.3 Å². The van der Waals surface area contributed by atoms with Gasteiger partial charge in [-0.3, -0.25) is 4.79 Å². The Morgan fingerprint density at radius 2 is 2.14 bits per heavy atom. The number of halogens is 1. The van der Waals surface area contributed by atoms with Crippen LogP contribution in [0, 0.1) is 0 Å². The van der Waals surface area contributed by atoms with E-state index in [-0.39, 0.29) is 5.91 Å². The largest absolute Gasteiger partial charge is 0.447 e. The van der Waals surface area contributed by atoms with Crippen LogP contribution in [0.25, 0.3) is 0 Å². The minimum atomic E-state index is -0.203. The topological polar surface area (TPSA) is 64.4 Å². The van der Waals surface area contributed by atoms with E-state index in [0.717, 1.165) is 18.4 Å². The summed E-state index contributed by atoms with van der Waals surface area (Å²) in [5, 5.41) is 3.50. The molecule has 0 saturated heterocycles. The van der Waals surface area contributed by atoms with Crippen molar-refractivity contribution >= 4 is 17.5 Å². The first-order valence-electron chi connectivity index (χ1n) is 7.28. The van der Waals surface area contributed by atoms with E-state index in [0.29, 0.717) is 42.2 Å². The molecular weight excluding hydrogens is 304 g/mol. The van der Waals surface area contributed by atoms with Crippen LogP contribution in [0.4, 0.5) is 0 Å². The zero-order valence-electron chi connectivity index (χ0n) is 12.0. The minimum absolute atomic E-state index is 0.203. The van der Waals surface area contributed by atoms with Gasteiger partial charge in [-0.2, -0.15) is 0 Å². The third-order valence-electron chi connectivity index (χ3n) is 3.47. The van der Waals surface area contributed by atoms with Crippen LogP contribution in [0.1, 0.15) is 40.6 Å². The normalized spacial score (nSPS) is 14.0. The summed E-state index contributed by atoms with van der Waals surface area (Å²) < 4.78 is 10.8. The van der Waals surface area contributed by atoms with Crippen molar-refractivity contribution in [1.82, 2.24) is 10.3 Å². The number of aromatic nitrogens is 1. The predicted octanol–water partition coefficient (Wildman–Crippen LogP) is 3.15. The summed E-state index contributed by atoms with van der Waals surface area (Å²) >= 11 is 5.82. The molecule has 0 spiro atoms. The van der Waals surface area contributed by atoms with E-state index < -0.39 is 0 Å². The van der Waals surface area contributed by atoms with Crippen molar-refractivity contribution in [2.45, 2.75) is 25.4 Å². The highest BCUT2D eigenvalue weighted by Gasteiger charge is 2.32. The third kappa shape index (κ3) is 3.87. The Balaban J connectivity index is 1.38. The van der Waals surface area contributed by atoms with Gasteiger partial charge < -0.3 is 14.5 Å². The number of carbonyl (C=O) groups excluding carboxylic acids is 1. The van der Waals surface area contributed by atoms with Crippen LogP contribution in [-0.2, 0) is 11.3 Å². The second kappa shape index (κ2) is 6.94. The predicted molar refractivity (Wildman–Crippen MR) is 81.9 cm³/mol. The van der Waals surface area contributed by atoms with Crippen molar-refractivity contribution in [3.8, 4) is 0 Å². The highest BCUT2D eigenvalue weighted by atomic mass is 35.5. The maximum atomic E-state index is 12.0. The number of hydrogen-bond acceptors (Lipinski definition) is 4. The smallest absolute Gasteiger partial charge is 0.273 e. The summed E-state index contributed by atoms with van der Waals surface area (Å²) in [5.41, 5.74) is 1.45. The van der Waals surface area contributed by atoms with Crippen molar-refractivity contribution in [3.05, 3.63) is 52.7 Å². The summed E-state index contributed by atoms with van der Waals surface area (Å²) in [7, 11) is 0. The van der Waals surface area contributed by atoms with Gasteiger partial charge in [0.25, 0.3) is 5.91 Å². The molecule has 1 amide bonds. The molecule has 0 aliphatic heterocycles. The Kier molecular flexibility index (Phi) is 4.75. The third-order valence-corrected chi connectivity index (χ3v) is 3.72. The van der Waals surface area contributed by atoms with Crippen molar-refractivity contribution in [2.75, 3.05) is 13.2 Å². The number of benzene rings is 1. The van der Waals surface area contributed by atoms with E-state index in [2.05, 4.69) is 10.3 Å². The molecule has 116 valence electrons. The zero-order chi connectivity index (χ0) is 15.4. The Morgan fingerprint density at radius 1 is 1.36 bits per heavy atom. The first kappa shape index (κ1) is 15.1. The molecule has 1 aromatic carbocycles. The second-order valence-corrected chi connectivity index (χ2v) is 5.71. The van der Waals surface area contributed by atoms with Crippen LogP contribution >= 0.6 is 11.6 Å². The molecule has 0 atom stereocenters. The fourth-order valence-corrected chi connectivity index (χ4v) is 2.28. The van der Waals surface area contributed by atoms with Gasteiger partial charge in [-0.25, -0.2) is 4.98 Å². The lowest BCUT2D eigenvalue weighted by Crippen LogP contribution is -2.28. The Morgan fingerprint density at radius 3 is 2.86 bits per heavy atom. The first-order valence-corrected chi connectivity index (χ1v) is 7.65. The van der Waals surface area contributed by atoms with Crippen molar-refractivity contribution in [3.63, 3.8) is 0 Å². The van der Waals surface area contributed by atoms with Crippen LogP contribution in [0.3, 0.4) is 0 Å². The number of amides is 1. The van der Waals surface area contributed by atoms with Gasteiger partial charge in [-0.15, -0.1) is 0 Å². The van der Waals surface area contributed by atoms with Crippen LogP contribution in [-0.4, -0.2) is 24.0 Å². The Hall–Kier alpha value is -1.85. The lowest BCUT2D eigenvalue weighted by molar-refractivity contribution is 0.0895. The lowest BCUT2D eigenvalue weighted by atomic mass is 10.2. The molecular formula is C16H17ClN2O3. The van der Waals surface area contributed by atoms with E-state index >= 15 is 0 Å². The summed E-state index contributed by atoms with van der Waals surface area (Å²) in [6.07, 6.45) is 3.47. The molecule has 1 aliphatic rings. The van der Waals surface area contributed by atoms with Gasteiger partial charge in [0.2, 0.25) is 0 Å². The fourth-order valence-electron chi connectivity index (χ4n) is 2.15. The molecule has 2 aromatic rings. The lowest BCUT2D eigenvalue weighted by Gasteiger charge is -2.06. The zero-order valence-corrected chi connectivity index (χ0v) is 12.8. The van der Waals surface area contributed by atoms with Crippen molar-refractivity contribution in [2.24, 2.45) is 0 Å². The van der Waals surface area contributed by atoms with Gasteiger partial charge in [-0.05, 0) is 30.5 Å². The monoisotopic (exact) mass is 320 g/mol. The molecule has 0 radical (unpaired) electrons. The van der Waals surface area contributed by atoms with E-state index in [1.165, 1.54) is 6.39 Å². The molecule has 6 heteroatoms. The van der Waals surface area contributed by atoms with E-state index in [4.69, 9.17) is 20.8 Å². The van der Waals surface area contributed by atoms with Crippen LogP contribution in [0.15, 0.2) is 35.1 Å². The van der Waals surface area contributed by atoms with Gasteiger partial charge in [0, 0.05) is 17.5 Å². The van der Waals surface area contributed by atoms with Gasteiger partial charge in [0.1, 0.15) is 5.76 Å². The second-order valence-electron chi connectivity index (χ2n) is 5.27. The summed E-state index contributed by atoms with van der Waals surface area (Å²) in [5.74, 6) is 0.870. The number of rotatable bonds is 7. The molecule has 22 heavy (non-hydrogen) atoms. The maximum absolute atomic E-state index is 12.0. The molecule has 0 bridgehead atoms. The molecule has 0 unspecified atom stereocenters. The molecule has 1 aromatic heterocycles. The molecule has 1 aliphatic carbocycles. The molecule has 3 rings (SSSR count). The molecule has 1 saturated carbocycles. The molecule has 1 N–H and O–H groups in total. The summed E-state index contributed by atoms with van der Waals surface area (Å²) in [6, 6.07) is 7.48. The number of carbonyl (C=O) groups is 1. The minimum Gasteiger partial charge on any atom is -0.447 e. The quantitative estimate of drug-likeness (QED) is 0.796. The average Bonchev–Trinajstić information content (AvgIpc) is 3.25. The number of ether oxygens (including phenoxy) is 1. The number of hydrogen-bond donors (Lipinski definition) is 1. The molecule has 1 fully saturated rings. The van der Waals surface area contributed by atoms with Crippen LogP contribution in [0.5, 0.6) is 0 Å². The van der Waals surface area contributed by atoms with Gasteiger partial charge in [-0.1, -0.05) is 23.7 Å². The fraction of sp³-hybridized carbons (Fsp3) is 0.375. The number of nitrogens with zero attached hydrogens (tertiary/aromatic N) is 1. The van der Waals surface area contributed by atoms with Gasteiger partial charge >= 0.3 is 0 Å². The molecule has 5 nitrogen and oxygen atoms in total. The van der Waals surface area contributed by atoms with Crippen molar-refractivity contribution in [1.29, 1.82) is 0 Å². The highest BCUT2D eigenvalue weighted by molar-refractivity contribution is 6.30. The average molecular weight is 321 g/mol. The Labute approximate surface area is 133 Å². The standard InChI is InChI=1S/C16H17ClN2O3/c17-13-5-1-11(2-6-13)9-21-8-7-18-16(20)14-15(12-3-4-12)22-10-19-14/h1-2,5-6,10,12H,3-4,7-9H2,(H,18,20). The van der Waals surface area contributed by atoms with Crippen LogP contribution in [0.2, 0.25) is 5.02 Å². The van der Waals surface area contributed by atoms with E-state index in [1.54, 1.807) is 0 Å². The summed E-state index contributed by atoms with van der Waals surface area (Å²) in [6.45, 7) is 1.36. The van der Waals surface area contributed by atoms with Gasteiger partial charge in [0.15, 0.2) is 12.1 Å². The maximum Gasteiger partial charge on any atom is 0.273 e. The first-order chi connectivity index (χ1) is 10.7.